The van der Waals surface area contributed by atoms with Crippen molar-refractivity contribution in [3.63, 3.8) is 0 Å². The third-order valence-electron chi connectivity index (χ3n) is 9.81. The Kier molecular flexibility index (Phi) is 41.5. The largest absolute Gasteiger partial charge is 0.472 e. The second-order valence-electron chi connectivity index (χ2n) is 15.4. The molecule has 0 aromatic rings. The maximum Gasteiger partial charge on any atom is 0.472 e. The highest BCUT2D eigenvalue weighted by atomic mass is 31.2. The van der Waals surface area contributed by atoms with Crippen LogP contribution in [0.2, 0.25) is 0 Å². The maximum atomic E-state index is 12.4. The van der Waals surface area contributed by atoms with Crippen LogP contribution in [0.15, 0.2) is 48.6 Å². The van der Waals surface area contributed by atoms with Gasteiger partial charge in [0.05, 0.1) is 26.4 Å². The van der Waals surface area contributed by atoms with E-state index >= 15 is 0 Å². The van der Waals surface area contributed by atoms with Crippen molar-refractivity contribution < 1.29 is 47.8 Å². The highest BCUT2D eigenvalue weighted by Crippen LogP contribution is 2.43. The topological polar surface area (TPSA) is 149 Å². The number of carbonyl (C=O) groups excluding carboxylic acids is 2. The van der Waals surface area contributed by atoms with Crippen LogP contribution in [0, 0.1) is 0 Å². The van der Waals surface area contributed by atoms with E-state index in [1.165, 1.54) is 77.0 Å². The number of ether oxygens (including phenoxy) is 2. The predicted octanol–water partition coefficient (Wildman–Crippen LogP) is 12.5. The van der Waals surface area contributed by atoms with E-state index in [1.54, 1.807) is 0 Å². The Morgan fingerprint density at radius 1 is 0.483 bits per heavy atom. The smallest absolute Gasteiger partial charge is 0.457 e. The summed E-state index contributed by atoms with van der Waals surface area (Å²) in [5.74, 6) is -1.03. The van der Waals surface area contributed by atoms with Crippen molar-refractivity contribution in [2.24, 2.45) is 0 Å². The molecule has 0 aromatic heterocycles. The third-order valence-corrected chi connectivity index (χ3v) is 10.8. The number of phosphoric ester groups is 1. The number of hydrogen-bond donors (Lipinski definition) is 3. The zero-order valence-corrected chi connectivity index (χ0v) is 37.6. The van der Waals surface area contributed by atoms with Gasteiger partial charge in [-0.2, -0.15) is 0 Å². The molecule has 0 aliphatic heterocycles. The molecule has 3 atom stereocenters. The van der Waals surface area contributed by atoms with E-state index in [4.69, 9.17) is 18.5 Å². The first-order valence-corrected chi connectivity index (χ1v) is 24.6. The minimum absolute atomic E-state index is 0.175. The summed E-state index contributed by atoms with van der Waals surface area (Å²) < 4.78 is 32.6. The van der Waals surface area contributed by atoms with Gasteiger partial charge in [-0.25, -0.2) is 4.57 Å². The van der Waals surface area contributed by atoms with Crippen LogP contribution in [0.5, 0.6) is 0 Å². The third kappa shape index (κ3) is 40.7. The molecular weight excluding hydrogens is 755 g/mol. The summed E-state index contributed by atoms with van der Waals surface area (Å²) in [7, 11) is -4.64. The summed E-state index contributed by atoms with van der Waals surface area (Å²) in [6.07, 6.45) is 46.5. The monoisotopic (exact) mass is 841 g/mol. The van der Waals surface area contributed by atoms with Gasteiger partial charge in [0.2, 0.25) is 0 Å². The molecule has 0 amide bonds. The second-order valence-corrected chi connectivity index (χ2v) is 16.8. The molecule has 0 heterocycles. The fourth-order valence-corrected chi connectivity index (χ4v) is 7.07. The van der Waals surface area contributed by atoms with Crippen molar-refractivity contribution in [1.82, 2.24) is 0 Å². The Morgan fingerprint density at radius 2 is 0.810 bits per heavy atom. The average molecular weight is 841 g/mol. The molecule has 338 valence electrons. The summed E-state index contributed by atoms with van der Waals surface area (Å²) >= 11 is 0. The zero-order chi connectivity index (χ0) is 42.6. The molecule has 0 fully saturated rings. The highest BCUT2D eigenvalue weighted by molar-refractivity contribution is 7.47. The van der Waals surface area contributed by atoms with Crippen LogP contribution in [0.3, 0.4) is 0 Å². The van der Waals surface area contributed by atoms with Gasteiger partial charge >= 0.3 is 19.8 Å². The zero-order valence-electron chi connectivity index (χ0n) is 36.8. The number of phosphoric acid groups is 1. The summed E-state index contributed by atoms with van der Waals surface area (Å²) in [5.41, 5.74) is 0. The Bertz CT molecular complexity index is 1110. The summed E-state index contributed by atoms with van der Waals surface area (Å²) in [6, 6.07) is 0. The number of hydrogen-bond acceptors (Lipinski definition) is 9. The van der Waals surface area contributed by atoms with Gasteiger partial charge < -0.3 is 24.6 Å². The van der Waals surface area contributed by atoms with Crippen LogP contribution in [0.4, 0.5) is 0 Å². The lowest BCUT2D eigenvalue weighted by molar-refractivity contribution is -0.153. The quantitative estimate of drug-likeness (QED) is 0.0234. The Morgan fingerprint density at radius 3 is 1.17 bits per heavy atom. The standard InChI is InChI=1S/C47H85O10P/c1-3-5-7-9-11-13-15-17-19-21-22-23-25-27-29-31-33-35-37-39-47(51)57-45(41-49)43-55-58(52,53)54-42-44(40-48)56-46(50)38-36-34-32-30-28-26-24-20-18-16-14-12-10-8-6-4-2/h5,7,11,13,17,19,22-23,44-45,48-49H,3-4,6,8-10,12,14-16,18,20-21,24-43H2,1-2H3,(H,52,53)/b7-5-,13-11-,19-17-,23-22-. The highest BCUT2D eigenvalue weighted by Gasteiger charge is 2.27. The first-order valence-electron chi connectivity index (χ1n) is 23.1. The molecule has 0 aromatic carbocycles. The number of unbranched alkanes of at least 4 members (excludes halogenated alkanes) is 21. The molecule has 11 heteroatoms. The summed E-state index contributed by atoms with van der Waals surface area (Å²) in [5, 5.41) is 19.2. The number of allylic oxidation sites excluding steroid dienone is 8. The van der Waals surface area contributed by atoms with E-state index in [0.29, 0.717) is 12.8 Å². The van der Waals surface area contributed by atoms with Crippen LogP contribution < -0.4 is 0 Å². The van der Waals surface area contributed by atoms with Crippen LogP contribution in [-0.2, 0) is 32.7 Å². The fourth-order valence-electron chi connectivity index (χ4n) is 6.28. The van der Waals surface area contributed by atoms with Gasteiger partial charge in [0, 0.05) is 12.8 Å². The number of aliphatic hydroxyl groups excluding tert-OH is 2. The lowest BCUT2D eigenvalue weighted by Gasteiger charge is -2.20. The minimum Gasteiger partial charge on any atom is -0.457 e. The number of rotatable bonds is 43. The van der Waals surface area contributed by atoms with Gasteiger partial charge in [0.25, 0.3) is 0 Å². The number of aliphatic hydroxyl groups is 2. The Hall–Kier alpha value is -2.07. The minimum atomic E-state index is -4.64. The van der Waals surface area contributed by atoms with Gasteiger partial charge in [0.15, 0.2) is 0 Å². The van der Waals surface area contributed by atoms with Gasteiger partial charge in [-0.3, -0.25) is 18.6 Å². The van der Waals surface area contributed by atoms with E-state index in [1.807, 2.05) is 0 Å². The van der Waals surface area contributed by atoms with Crippen LogP contribution in [-0.4, -0.2) is 65.7 Å². The van der Waals surface area contributed by atoms with E-state index in [0.717, 1.165) is 83.5 Å². The lowest BCUT2D eigenvalue weighted by atomic mass is 10.0. The van der Waals surface area contributed by atoms with Gasteiger partial charge in [-0.1, -0.05) is 184 Å². The average Bonchev–Trinajstić information content (AvgIpc) is 3.21. The second kappa shape index (κ2) is 43.0. The Balaban J connectivity index is 3.91. The lowest BCUT2D eigenvalue weighted by Crippen LogP contribution is -2.28. The summed E-state index contributed by atoms with van der Waals surface area (Å²) in [6.45, 7) is 2.10. The molecule has 0 rings (SSSR count). The normalized spacial score (nSPS) is 14.2. The molecule has 10 nitrogen and oxygen atoms in total. The fraction of sp³-hybridized carbons (Fsp3) is 0.787. The molecule has 0 bridgehead atoms. The van der Waals surface area contributed by atoms with E-state index in [2.05, 4.69) is 62.5 Å². The predicted molar refractivity (Wildman–Crippen MR) is 237 cm³/mol. The molecule has 58 heavy (non-hydrogen) atoms. The first-order chi connectivity index (χ1) is 28.3. The molecule has 3 unspecified atom stereocenters. The van der Waals surface area contributed by atoms with Crippen molar-refractivity contribution in [3.8, 4) is 0 Å². The van der Waals surface area contributed by atoms with Gasteiger partial charge in [-0.15, -0.1) is 0 Å². The van der Waals surface area contributed by atoms with Crippen molar-refractivity contribution in [1.29, 1.82) is 0 Å². The Labute approximate surface area is 353 Å². The van der Waals surface area contributed by atoms with Crippen molar-refractivity contribution in [3.05, 3.63) is 48.6 Å². The number of esters is 2. The van der Waals surface area contributed by atoms with E-state index < -0.39 is 58.4 Å². The van der Waals surface area contributed by atoms with Crippen LogP contribution >= 0.6 is 7.82 Å². The molecule has 0 radical (unpaired) electrons. The number of carbonyl (C=O) groups is 2. The van der Waals surface area contributed by atoms with Crippen molar-refractivity contribution in [2.45, 2.75) is 212 Å². The molecule has 0 saturated heterocycles. The summed E-state index contributed by atoms with van der Waals surface area (Å²) in [4.78, 5) is 34.6. The molecule has 0 saturated carbocycles. The van der Waals surface area contributed by atoms with Crippen LogP contribution in [0.1, 0.15) is 200 Å². The van der Waals surface area contributed by atoms with Crippen molar-refractivity contribution in [2.75, 3.05) is 26.4 Å². The van der Waals surface area contributed by atoms with Crippen molar-refractivity contribution >= 4 is 19.8 Å². The van der Waals surface area contributed by atoms with Crippen LogP contribution in [0.25, 0.3) is 0 Å². The van der Waals surface area contributed by atoms with Gasteiger partial charge in [-0.05, 0) is 51.4 Å². The first kappa shape index (κ1) is 55.9. The molecule has 0 spiro atoms. The molecular formula is C47H85O10P. The maximum absolute atomic E-state index is 12.4. The molecule has 3 N–H and O–H groups in total. The molecule has 0 aliphatic carbocycles. The molecule has 0 aliphatic rings. The van der Waals surface area contributed by atoms with E-state index in [-0.39, 0.29) is 12.8 Å². The SMILES string of the molecule is CC/C=C\C/C=C\C/C=C\C/C=C\CCCCCCCCC(=O)OC(CO)COP(=O)(O)OCC(CO)OC(=O)CCCCCCCCCCCCCCCCCC. The van der Waals surface area contributed by atoms with E-state index in [9.17, 15) is 29.3 Å². The van der Waals surface area contributed by atoms with Gasteiger partial charge in [0.1, 0.15) is 12.2 Å².